The lowest BCUT2D eigenvalue weighted by atomic mass is 10.0. The normalized spacial score (nSPS) is 19.9. The van der Waals surface area contributed by atoms with Crippen molar-refractivity contribution in [3.63, 3.8) is 0 Å². The summed E-state index contributed by atoms with van der Waals surface area (Å²) in [6.07, 6.45) is -0.296. The van der Waals surface area contributed by atoms with Crippen LogP contribution in [0.1, 0.15) is 51.7 Å². The number of carboxylic acids is 1. The van der Waals surface area contributed by atoms with Gasteiger partial charge in [-0.3, -0.25) is 19.8 Å². The third kappa shape index (κ3) is 4.38. The highest BCUT2D eigenvalue weighted by atomic mass is 16.5. The molecule has 1 aromatic heterocycles. The molecule has 2 aromatic carbocycles. The second-order valence-corrected chi connectivity index (χ2v) is 8.66. The molecule has 0 bridgehead atoms. The molecule has 35 heavy (non-hydrogen) atoms. The van der Waals surface area contributed by atoms with Gasteiger partial charge in [-0.05, 0) is 41.7 Å². The molecule has 3 aromatic rings. The highest BCUT2D eigenvalue weighted by Gasteiger charge is 2.39. The number of piperidine rings is 1. The van der Waals surface area contributed by atoms with Crippen LogP contribution in [0.15, 0.2) is 40.9 Å². The summed E-state index contributed by atoms with van der Waals surface area (Å²) in [5.74, 6) is -1.43. The zero-order valence-corrected chi connectivity index (χ0v) is 18.8. The van der Waals surface area contributed by atoms with Gasteiger partial charge in [0.2, 0.25) is 17.6 Å². The molecular weight excluding hydrogens is 454 g/mol. The molecule has 2 aliphatic rings. The van der Waals surface area contributed by atoms with Crippen molar-refractivity contribution in [3.8, 4) is 11.4 Å². The van der Waals surface area contributed by atoms with Crippen LogP contribution < -0.4 is 10.6 Å². The van der Waals surface area contributed by atoms with Gasteiger partial charge in [-0.1, -0.05) is 35.5 Å². The minimum absolute atomic E-state index is 0.175. The van der Waals surface area contributed by atoms with E-state index in [4.69, 9.17) is 4.52 Å². The first-order chi connectivity index (χ1) is 16.8. The molecule has 2 aliphatic heterocycles. The lowest BCUT2D eigenvalue weighted by molar-refractivity contribution is -0.141. The van der Waals surface area contributed by atoms with Crippen LogP contribution in [0.5, 0.6) is 0 Å². The average molecular weight is 477 g/mol. The molecule has 0 spiro atoms. The topological polar surface area (TPSA) is 158 Å². The second kappa shape index (κ2) is 8.93. The summed E-state index contributed by atoms with van der Waals surface area (Å²) in [5, 5.41) is 29.4. The summed E-state index contributed by atoms with van der Waals surface area (Å²) in [6, 6.07) is 10.2. The summed E-state index contributed by atoms with van der Waals surface area (Å²) in [5.41, 5.74) is 3.88. The van der Waals surface area contributed by atoms with Gasteiger partial charge in [-0.2, -0.15) is 4.98 Å². The Balaban J connectivity index is 1.26. The molecule has 4 N–H and O–H groups in total. The number of aryl methyl sites for hydroxylation is 1. The van der Waals surface area contributed by atoms with E-state index in [0.717, 1.165) is 16.7 Å². The van der Waals surface area contributed by atoms with Crippen molar-refractivity contribution < 1.29 is 29.1 Å². The highest BCUT2D eigenvalue weighted by molar-refractivity contribution is 6.00. The quantitative estimate of drug-likeness (QED) is 0.387. The molecule has 0 aliphatic carbocycles. The summed E-state index contributed by atoms with van der Waals surface area (Å²) < 4.78 is 5.26. The lowest BCUT2D eigenvalue weighted by Crippen LogP contribution is -2.51. The Morgan fingerprint density at radius 2 is 2.09 bits per heavy atom. The molecule has 11 heteroatoms. The first-order valence-electron chi connectivity index (χ1n) is 11.1. The number of benzene rings is 2. The molecular formula is C24H23N5O6. The van der Waals surface area contributed by atoms with Gasteiger partial charge in [0.1, 0.15) is 6.23 Å². The molecule has 1 saturated heterocycles. The van der Waals surface area contributed by atoms with Gasteiger partial charge < -0.3 is 20.1 Å². The number of carbonyl (C=O) groups is 3. The minimum Gasteiger partial charge on any atom is -0.478 e. The lowest BCUT2D eigenvalue weighted by Gasteiger charge is -2.31. The van der Waals surface area contributed by atoms with Gasteiger partial charge >= 0.3 is 12.0 Å². The number of anilines is 1. The number of aromatic carboxylic acids is 1. The van der Waals surface area contributed by atoms with E-state index in [0.29, 0.717) is 30.6 Å². The van der Waals surface area contributed by atoms with Gasteiger partial charge in [0.15, 0.2) is 0 Å². The third-order valence-corrected chi connectivity index (χ3v) is 6.36. The van der Waals surface area contributed by atoms with E-state index >= 15 is 0 Å². The van der Waals surface area contributed by atoms with Gasteiger partial charge in [0.05, 0.1) is 11.6 Å². The van der Waals surface area contributed by atoms with Crippen LogP contribution in [-0.2, 0) is 22.7 Å². The van der Waals surface area contributed by atoms with Crippen molar-refractivity contribution in [2.24, 2.45) is 0 Å². The Morgan fingerprint density at radius 3 is 2.86 bits per heavy atom. The maximum atomic E-state index is 12.2. The Hall–Kier alpha value is -4.09. The van der Waals surface area contributed by atoms with Crippen molar-refractivity contribution in [2.45, 2.75) is 45.1 Å². The molecule has 0 saturated carbocycles. The van der Waals surface area contributed by atoms with Gasteiger partial charge in [-0.25, -0.2) is 4.79 Å². The van der Waals surface area contributed by atoms with E-state index in [-0.39, 0.29) is 35.6 Å². The fourth-order valence-electron chi connectivity index (χ4n) is 4.48. The number of nitrogens with zero attached hydrogens (tertiary/aromatic N) is 3. The van der Waals surface area contributed by atoms with E-state index in [2.05, 4.69) is 20.8 Å². The molecule has 11 nitrogen and oxygen atoms in total. The molecule has 3 heterocycles. The molecule has 1 fully saturated rings. The Morgan fingerprint density at radius 1 is 1.26 bits per heavy atom. The zero-order chi connectivity index (χ0) is 24.7. The van der Waals surface area contributed by atoms with Crippen molar-refractivity contribution in [2.75, 3.05) is 5.32 Å². The van der Waals surface area contributed by atoms with Crippen LogP contribution in [0.25, 0.3) is 11.4 Å². The first kappa shape index (κ1) is 22.7. The number of aliphatic hydroxyl groups is 1. The number of hydrogen-bond donors (Lipinski definition) is 4. The Kier molecular flexibility index (Phi) is 5.79. The number of amides is 2. The Labute approximate surface area is 199 Å². The summed E-state index contributed by atoms with van der Waals surface area (Å²) >= 11 is 0. The standard InChI is InChI=1S/C24H23N5O6/c1-12-2-4-14(9-17(12)23(33)34)20-27-24(35-28-20)25-10-13-3-5-16-15(8-13)11-29(22(16)32)18-6-7-19(30)26-21(18)31/h2-5,8-9,18,22,32H,6-7,10-11H2,1H3,(H,33,34)(H,25,27,28)(H,26,30,31). The van der Waals surface area contributed by atoms with Crippen LogP contribution in [0, 0.1) is 6.92 Å². The highest BCUT2D eigenvalue weighted by Crippen LogP contribution is 2.35. The maximum absolute atomic E-state index is 12.2. The monoisotopic (exact) mass is 477 g/mol. The first-order valence-corrected chi connectivity index (χ1v) is 11.1. The van der Waals surface area contributed by atoms with Crippen LogP contribution in [0.3, 0.4) is 0 Å². The van der Waals surface area contributed by atoms with Crippen molar-refractivity contribution in [3.05, 3.63) is 64.2 Å². The SMILES string of the molecule is Cc1ccc(-c2noc(NCc3ccc4c(c3)CN(C3CCC(=O)NC3=O)C4O)n2)cc1C(=O)O. The van der Waals surface area contributed by atoms with Crippen molar-refractivity contribution in [1.29, 1.82) is 0 Å². The third-order valence-electron chi connectivity index (χ3n) is 6.36. The van der Waals surface area contributed by atoms with Crippen molar-refractivity contribution in [1.82, 2.24) is 20.4 Å². The van der Waals surface area contributed by atoms with E-state index in [1.807, 2.05) is 18.2 Å². The van der Waals surface area contributed by atoms with Crippen LogP contribution in [0.2, 0.25) is 0 Å². The second-order valence-electron chi connectivity index (χ2n) is 8.66. The summed E-state index contributed by atoms with van der Waals surface area (Å²) in [4.78, 5) is 41.1. The number of fused-ring (bicyclic) bond motifs is 1. The number of carbonyl (C=O) groups excluding carboxylic acids is 2. The summed E-state index contributed by atoms with van der Waals surface area (Å²) in [6.45, 7) is 2.48. The van der Waals surface area contributed by atoms with Crippen LogP contribution >= 0.6 is 0 Å². The number of aliphatic hydroxyl groups excluding tert-OH is 1. The maximum Gasteiger partial charge on any atom is 0.335 e. The molecule has 2 amide bonds. The predicted octanol–water partition coefficient (Wildman–Crippen LogP) is 1.97. The largest absolute Gasteiger partial charge is 0.478 e. The predicted molar refractivity (Wildman–Crippen MR) is 122 cm³/mol. The zero-order valence-electron chi connectivity index (χ0n) is 18.8. The fraction of sp³-hybridized carbons (Fsp3) is 0.292. The van der Waals surface area contributed by atoms with Crippen LogP contribution in [0.4, 0.5) is 6.01 Å². The molecule has 2 unspecified atom stereocenters. The van der Waals surface area contributed by atoms with E-state index in [1.54, 1.807) is 24.0 Å². The number of aromatic nitrogens is 2. The van der Waals surface area contributed by atoms with Crippen molar-refractivity contribution >= 4 is 23.8 Å². The van der Waals surface area contributed by atoms with Crippen LogP contribution in [-0.4, -0.2) is 49.1 Å². The number of rotatable bonds is 6. The molecule has 5 rings (SSSR count). The average Bonchev–Trinajstić information content (AvgIpc) is 3.42. The number of nitrogens with one attached hydrogen (secondary N) is 2. The van der Waals surface area contributed by atoms with E-state index in [1.165, 1.54) is 6.07 Å². The number of hydrogen-bond acceptors (Lipinski definition) is 9. The molecule has 0 radical (unpaired) electrons. The van der Waals surface area contributed by atoms with Gasteiger partial charge in [0.25, 0.3) is 0 Å². The minimum atomic E-state index is -1.02. The number of imide groups is 1. The van der Waals surface area contributed by atoms with Gasteiger partial charge in [-0.15, -0.1) is 0 Å². The van der Waals surface area contributed by atoms with E-state index in [9.17, 15) is 24.6 Å². The molecule has 2 atom stereocenters. The van der Waals surface area contributed by atoms with E-state index < -0.39 is 18.2 Å². The smallest absolute Gasteiger partial charge is 0.335 e. The fourth-order valence-corrected chi connectivity index (χ4v) is 4.48. The van der Waals surface area contributed by atoms with Gasteiger partial charge in [0, 0.05) is 25.1 Å². The molecule has 180 valence electrons. The number of carboxylic acid groups (broad SMARTS) is 1. The Bertz CT molecular complexity index is 1340. The summed E-state index contributed by atoms with van der Waals surface area (Å²) in [7, 11) is 0.